The Labute approximate surface area is 101 Å². The minimum Gasteiger partial charge on any atom is -0.467 e. The Morgan fingerprint density at radius 3 is 3.06 bits per heavy atom. The first kappa shape index (κ1) is 10.5. The molecule has 0 aliphatic heterocycles. The molecule has 0 bridgehead atoms. The average Bonchev–Trinajstić information content (AvgIpc) is 2.77. The molecule has 0 saturated heterocycles. The highest BCUT2D eigenvalue weighted by atomic mass is 16.5. The second kappa shape index (κ2) is 3.99. The van der Waals surface area contributed by atoms with Crippen LogP contribution in [0.3, 0.4) is 0 Å². The number of fused-ring (bicyclic) bond motifs is 1. The topological polar surface area (TPSA) is 81.0 Å². The van der Waals surface area contributed by atoms with Crippen molar-refractivity contribution in [2.45, 2.75) is 0 Å². The van der Waals surface area contributed by atoms with E-state index < -0.39 is 5.76 Å². The standard InChI is InChI=1S/C12H9N3O3/c1-17-11-13-5-4-8(14-11)7-2-3-9-10(6-7)18-12(16)15-9/h2-6H,1H3,(H,15,16). The zero-order valence-corrected chi connectivity index (χ0v) is 9.51. The molecule has 0 aliphatic carbocycles. The van der Waals surface area contributed by atoms with Crippen LogP contribution in [0.4, 0.5) is 0 Å². The highest BCUT2D eigenvalue weighted by Crippen LogP contribution is 2.22. The van der Waals surface area contributed by atoms with Crippen LogP contribution in [0.1, 0.15) is 0 Å². The fourth-order valence-corrected chi connectivity index (χ4v) is 1.70. The molecule has 0 atom stereocenters. The summed E-state index contributed by atoms with van der Waals surface area (Å²) in [4.78, 5) is 21.8. The van der Waals surface area contributed by atoms with Crippen LogP contribution >= 0.6 is 0 Å². The summed E-state index contributed by atoms with van der Waals surface area (Å²) in [5, 5.41) is 0. The summed E-state index contributed by atoms with van der Waals surface area (Å²) >= 11 is 0. The van der Waals surface area contributed by atoms with E-state index in [0.29, 0.717) is 22.8 Å². The maximum absolute atomic E-state index is 11.1. The summed E-state index contributed by atoms with van der Waals surface area (Å²) < 4.78 is 9.97. The number of benzene rings is 1. The van der Waals surface area contributed by atoms with Crippen LogP contribution in [0, 0.1) is 0 Å². The van der Waals surface area contributed by atoms with Crippen molar-refractivity contribution >= 4 is 11.1 Å². The Balaban J connectivity index is 2.15. The molecule has 1 aromatic carbocycles. The quantitative estimate of drug-likeness (QED) is 0.739. The molecule has 0 spiro atoms. The minimum absolute atomic E-state index is 0.295. The molecule has 0 aliphatic rings. The van der Waals surface area contributed by atoms with Gasteiger partial charge in [0.05, 0.1) is 18.3 Å². The second-order valence-electron chi connectivity index (χ2n) is 3.65. The van der Waals surface area contributed by atoms with Crippen LogP contribution in [-0.2, 0) is 0 Å². The molecule has 90 valence electrons. The SMILES string of the molecule is COc1nccc(-c2ccc3[nH]c(=O)oc3c2)n1. The van der Waals surface area contributed by atoms with E-state index in [2.05, 4.69) is 15.0 Å². The molecule has 6 nitrogen and oxygen atoms in total. The summed E-state index contributed by atoms with van der Waals surface area (Å²) in [5.74, 6) is -0.470. The van der Waals surface area contributed by atoms with E-state index >= 15 is 0 Å². The van der Waals surface area contributed by atoms with Gasteiger partial charge in [-0.15, -0.1) is 0 Å². The molecule has 0 fully saturated rings. The monoisotopic (exact) mass is 243 g/mol. The zero-order valence-electron chi connectivity index (χ0n) is 9.51. The van der Waals surface area contributed by atoms with Gasteiger partial charge in [0.15, 0.2) is 5.58 Å². The Bertz CT molecular complexity index is 760. The number of hydrogen-bond donors (Lipinski definition) is 1. The van der Waals surface area contributed by atoms with E-state index in [-0.39, 0.29) is 0 Å². The maximum Gasteiger partial charge on any atom is 0.417 e. The van der Waals surface area contributed by atoms with E-state index in [4.69, 9.17) is 9.15 Å². The molecule has 18 heavy (non-hydrogen) atoms. The van der Waals surface area contributed by atoms with Gasteiger partial charge in [0, 0.05) is 11.8 Å². The molecule has 2 aromatic heterocycles. The number of aromatic nitrogens is 3. The fraction of sp³-hybridized carbons (Fsp3) is 0.0833. The number of rotatable bonds is 2. The van der Waals surface area contributed by atoms with E-state index in [0.717, 1.165) is 5.56 Å². The molecule has 0 saturated carbocycles. The maximum atomic E-state index is 11.1. The van der Waals surface area contributed by atoms with E-state index in [1.54, 1.807) is 24.4 Å². The van der Waals surface area contributed by atoms with Crippen molar-refractivity contribution in [1.29, 1.82) is 0 Å². The van der Waals surface area contributed by atoms with Gasteiger partial charge in [-0.05, 0) is 18.2 Å². The fourth-order valence-electron chi connectivity index (χ4n) is 1.70. The first-order valence-corrected chi connectivity index (χ1v) is 5.26. The van der Waals surface area contributed by atoms with Crippen molar-refractivity contribution in [3.8, 4) is 17.3 Å². The predicted octanol–water partition coefficient (Wildman–Crippen LogP) is 1.59. The number of oxazole rings is 1. The number of H-pyrrole nitrogens is 1. The van der Waals surface area contributed by atoms with Crippen LogP contribution in [0.15, 0.2) is 39.7 Å². The minimum atomic E-state index is -0.470. The highest BCUT2D eigenvalue weighted by molar-refractivity contribution is 5.78. The van der Waals surface area contributed by atoms with Gasteiger partial charge in [0.1, 0.15) is 0 Å². The molecule has 6 heteroatoms. The Morgan fingerprint density at radius 1 is 1.33 bits per heavy atom. The largest absolute Gasteiger partial charge is 0.467 e. The lowest BCUT2D eigenvalue weighted by molar-refractivity contribution is 0.380. The third-order valence-electron chi connectivity index (χ3n) is 2.53. The first-order valence-electron chi connectivity index (χ1n) is 5.26. The van der Waals surface area contributed by atoms with Gasteiger partial charge in [-0.25, -0.2) is 9.78 Å². The second-order valence-corrected chi connectivity index (χ2v) is 3.65. The normalized spacial score (nSPS) is 10.7. The van der Waals surface area contributed by atoms with Crippen LogP contribution in [0.2, 0.25) is 0 Å². The molecule has 0 unspecified atom stereocenters. The molecule has 3 aromatic rings. The Hall–Kier alpha value is -2.63. The molecule has 2 heterocycles. The van der Waals surface area contributed by atoms with E-state index in [1.807, 2.05) is 6.07 Å². The van der Waals surface area contributed by atoms with Gasteiger partial charge in [-0.2, -0.15) is 4.98 Å². The lowest BCUT2D eigenvalue weighted by Crippen LogP contribution is -1.92. The van der Waals surface area contributed by atoms with Crippen LogP contribution in [0.25, 0.3) is 22.4 Å². The van der Waals surface area contributed by atoms with Gasteiger partial charge in [-0.1, -0.05) is 6.07 Å². The number of hydrogen-bond acceptors (Lipinski definition) is 5. The Morgan fingerprint density at radius 2 is 2.22 bits per heavy atom. The number of nitrogens with zero attached hydrogens (tertiary/aromatic N) is 2. The van der Waals surface area contributed by atoms with E-state index in [9.17, 15) is 4.79 Å². The highest BCUT2D eigenvalue weighted by Gasteiger charge is 2.06. The van der Waals surface area contributed by atoms with Gasteiger partial charge in [-0.3, -0.25) is 4.98 Å². The summed E-state index contributed by atoms with van der Waals surface area (Å²) in [7, 11) is 1.51. The third-order valence-corrected chi connectivity index (χ3v) is 2.53. The van der Waals surface area contributed by atoms with Crippen molar-refractivity contribution in [1.82, 2.24) is 15.0 Å². The van der Waals surface area contributed by atoms with Crippen molar-refractivity contribution in [3.63, 3.8) is 0 Å². The lowest BCUT2D eigenvalue weighted by atomic mass is 10.1. The molecular weight excluding hydrogens is 234 g/mol. The summed E-state index contributed by atoms with van der Waals surface area (Å²) in [5.41, 5.74) is 2.68. The number of aromatic amines is 1. The van der Waals surface area contributed by atoms with Crippen LogP contribution in [-0.4, -0.2) is 22.1 Å². The zero-order chi connectivity index (χ0) is 12.5. The van der Waals surface area contributed by atoms with Crippen molar-refractivity contribution in [2.24, 2.45) is 0 Å². The summed E-state index contributed by atoms with van der Waals surface area (Å²) in [6, 6.07) is 7.41. The van der Waals surface area contributed by atoms with Crippen molar-refractivity contribution in [2.75, 3.05) is 7.11 Å². The number of nitrogens with one attached hydrogen (secondary N) is 1. The molecule has 3 rings (SSSR count). The summed E-state index contributed by atoms with van der Waals surface area (Å²) in [6.07, 6.45) is 1.61. The predicted molar refractivity (Wildman–Crippen MR) is 64.4 cm³/mol. The molecular formula is C12H9N3O3. The molecule has 0 amide bonds. The van der Waals surface area contributed by atoms with E-state index in [1.165, 1.54) is 7.11 Å². The van der Waals surface area contributed by atoms with Gasteiger partial charge >= 0.3 is 11.8 Å². The van der Waals surface area contributed by atoms with Crippen LogP contribution < -0.4 is 10.5 Å². The average molecular weight is 243 g/mol. The Kier molecular flexibility index (Phi) is 2.33. The van der Waals surface area contributed by atoms with Gasteiger partial charge in [0.2, 0.25) is 0 Å². The van der Waals surface area contributed by atoms with Crippen LogP contribution in [0.5, 0.6) is 6.01 Å². The number of ether oxygens (including phenoxy) is 1. The van der Waals surface area contributed by atoms with Gasteiger partial charge < -0.3 is 9.15 Å². The van der Waals surface area contributed by atoms with Crippen molar-refractivity contribution in [3.05, 3.63) is 41.0 Å². The molecule has 1 N–H and O–H groups in total. The van der Waals surface area contributed by atoms with Crippen molar-refractivity contribution < 1.29 is 9.15 Å². The van der Waals surface area contributed by atoms with Gasteiger partial charge in [0.25, 0.3) is 0 Å². The molecule has 0 radical (unpaired) electrons. The summed E-state index contributed by atoms with van der Waals surface area (Å²) in [6.45, 7) is 0. The number of methoxy groups -OCH3 is 1. The lowest BCUT2D eigenvalue weighted by Gasteiger charge is -2.02. The smallest absolute Gasteiger partial charge is 0.417 e. The third kappa shape index (κ3) is 1.73. The first-order chi connectivity index (χ1) is 8.76.